The predicted octanol–water partition coefficient (Wildman–Crippen LogP) is 3.76. The van der Waals surface area contributed by atoms with Crippen LogP contribution in [0, 0.1) is 11.6 Å². The average Bonchev–Trinajstić information content (AvgIpc) is 2.38. The zero-order chi connectivity index (χ0) is 13.4. The SMILES string of the molecule is Nc1cc(-c2ccccc2)nc2cc(F)cc(F)c12. The second-order valence-electron chi connectivity index (χ2n) is 4.24. The van der Waals surface area contributed by atoms with E-state index in [2.05, 4.69) is 4.98 Å². The van der Waals surface area contributed by atoms with Crippen molar-refractivity contribution >= 4 is 16.6 Å². The van der Waals surface area contributed by atoms with Gasteiger partial charge in [-0.3, -0.25) is 0 Å². The Labute approximate surface area is 108 Å². The first-order chi connectivity index (χ1) is 9.15. The van der Waals surface area contributed by atoms with E-state index >= 15 is 0 Å². The van der Waals surface area contributed by atoms with Crippen molar-refractivity contribution in [2.45, 2.75) is 0 Å². The minimum atomic E-state index is -0.695. The molecular weight excluding hydrogens is 246 g/mol. The van der Waals surface area contributed by atoms with Gasteiger partial charge in [0, 0.05) is 23.4 Å². The second-order valence-corrected chi connectivity index (χ2v) is 4.24. The van der Waals surface area contributed by atoms with Gasteiger partial charge in [0.05, 0.1) is 16.6 Å². The minimum Gasteiger partial charge on any atom is -0.398 e. The van der Waals surface area contributed by atoms with Crippen molar-refractivity contribution < 1.29 is 8.78 Å². The lowest BCUT2D eigenvalue weighted by molar-refractivity contribution is 0.592. The van der Waals surface area contributed by atoms with Gasteiger partial charge in [0.1, 0.15) is 11.6 Å². The summed E-state index contributed by atoms with van der Waals surface area (Å²) in [6.45, 7) is 0. The molecule has 0 amide bonds. The van der Waals surface area contributed by atoms with Crippen LogP contribution in [0.1, 0.15) is 0 Å². The third kappa shape index (κ3) is 2.01. The van der Waals surface area contributed by atoms with Crippen LogP contribution in [-0.4, -0.2) is 4.98 Å². The van der Waals surface area contributed by atoms with Crippen LogP contribution in [0.5, 0.6) is 0 Å². The lowest BCUT2D eigenvalue weighted by Crippen LogP contribution is -1.96. The highest BCUT2D eigenvalue weighted by Gasteiger charge is 2.11. The maximum absolute atomic E-state index is 13.7. The summed E-state index contributed by atoms with van der Waals surface area (Å²) in [7, 11) is 0. The fraction of sp³-hybridized carbons (Fsp3) is 0. The molecule has 0 unspecified atom stereocenters. The molecule has 0 aliphatic rings. The van der Waals surface area contributed by atoms with E-state index in [4.69, 9.17) is 5.73 Å². The molecule has 3 rings (SSSR count). The number of hydrogen-bond donors (Lipinski definition) is 1. The van der Waals surface area contributed by atoms with Crippen molar-refractivity contribution in [1.29, 1.82) is 0 Å². The number of hydrogen-bond acceptors (Lipinski definition) is 2. The predicted molar refractivity (Wildman–Crippen MR) is 71.5 cm³/mol. The quantitative estimate of drug-likeness (QED) is 0.720. The smallest absolute Gasteiger partial charge is 0.137 e. The summed E-state index contributed by atoms with van der Waals surface area (Å²) < 4.78 is 26.9. The van der Waals surface area contributed by atoms with Crippen molar-refractivity contribution in [2.75, 3.05) is 5.73 Å². The van der Waals surface area contributed by atoms with Gasteiger partial charge in [-0.15, -0.1) is 0 Å². The van der Waals surface area contributed by atoms with Crippen molar-refractivity contribution in [3.8, 4) is 11.3 Å². The van der Waals surface area contributed by atoms with Gasteiger partial charge in [0.2, 0.25) is 0 Å². The molecule has 2 nitrogen and oxygen atoms in total. The average molecular weight is 256 g/mol. The van der Waals surface area contributed by atoms with Gasteiger partial charge in [0.15, 0.2) is 0 Å². The molecule has 0 aliphatic carbocycles. The summed E-state index contributed by atoms with van der Waals surface area (Å²) in [5, 5.41) is 0.154. The summed E-state index contributed by atoms with van der Waals surface area (Å²) in [5.74, 6) is -1.36. The Bertz CT molecular complexity index is 755. The summed E-state index contributed by atoms with van der Waals surface area (Å²) in [6, 6.07) is 12.9. The van der Waals surface area contributed by atoms with Crippen LogP contribution < -0.4 is 5.73 Å². The lowest BCUT2D eigenvalue weighted by Gasteiger charge is -2.07. The number of nitrogen functional groups attached to an aromatic ring is 1. The van der Waals surface area contributed by atoms with E-state index in [1.165, 1.54) is 6.07 Å². The third-order valence-electron chi connectivity index (χ3n) is 2.93. The van der Waals surface area contributed by atoms with E-state index in [0.29, 0.717) is 5.69 Å². The first-order valence-electron chi connectivity index (χ1n) is 5.76. The highest BCUT2D eigenvalue weighted by molar-refractivity contribution is 5.93. The van der Waals surface area contributed by atoms with E-state index in [1.807, 2.05) is 30.3 Å². The fourth-order valence-corrected chi connectivity index (χ4v) is 2.07. The largest absolute Gasteiger partial charge is 0.398 e. The summed E-state index contributed by atoms with van der Waals surface area (Å²) in [6.07, 6.45) is 0. The number of aromatic nitrogens is 1. The molecule has 19 heavy (non-hydrogen) atoms. The first kappa shape index (κ1) is 11.6. The molecule has 0 saturated heterocycles. The van der Waals surface area contributed by atoms with Crippen LogP contribution in [0.3, 0.4) is 0 Å². The van der Waals surface area contributed by atoms with Crippen molar-refractivity contribution in [2.24, 2.45) is 0 Å². The van der Waals surface area contributed by atoms with E-state index in [9.17, 15) is 8.78 Å². The van der Waals surface area contributed by atoms with Crippen LogP contribution in [0.25, 0.3) is 22.2 Å². The summed E-state index contributed by atoms with van der Waals surface area (Å²) in [4.78, 5) is 4.27. The third-order valence-corrected chi connectivity index (χ3v) is 2.93. The fourth-order valence-electron chi connectivity index (χ4n) is 2.07. The van der Waals surface area contributed by atoms with Gasteiger partial charge in [-0.05, 0) is 6.07 Å². The van der Waals surface area contributed by atoms with E-state index in [1.54, 1.807) is 6.07 Å². The molecule has 0 atom stereocenters. The normalized spacial score (nSPS) is 10.8. The lowest BCUT2D eigenvalue weighted by atomic mass is 10.1. The topological polar surface area (TPSA) is 38.9 Å². The summed E-state index contributed by atoms with van der Waals surface area (Å²) >= 11 is 0. The highest BCUT2D eigenvalue weighted by atomic mass is 19.1. The summed E-state index contributed by atoms with van der Waals surface area (Å²) in [5.41, 5.74) is 7.75. The molecule has 94 valence electrons. The monoisotopic (exact) mass is 256 g/mol. The zero-order valence-electron chi connectivity index (χ0n) is 9.90. The van der Waals surface area contributed by atoms with E-state index < -0.39 is 11.6 Å². The molecule has 4 heteroatoms. The van der Waals surface area contributed by atoms with Gasteiger partial charge in [-0.2, -0.15) is 0 Å². The number of rotatable bonds is 1. The number of pyridine rings is 1. The molecule has 0 spiro atoms. The number of nitrogens with zero attached hydrogens (tertiary/aromatic N) is 1. The maximum Gasteiger partial charge on any atom is 0.137 e. The number of fused-ring (bicyclic) bond motifs is 1. The number of anilines is 1. The molecule has 1 aromatic heterocycles. The molecule has 2 N–H and O–H groups in total. The van der Waals surface area contributed by atoms with Crippen LogP contribution in [0.2, 0.25) is 0 Å². The van der Waals surface area contributed by atoms with Crippen LogP contribution in [-0.2, 0) is 0 Å². The van der Waals surface area contributed by atoms with Gasteiger partial charge >= 0.3 is 0 Å². The van der Waals surface area contributed by atoms with Gasteiger partial charge in [0.25, 0.3) is 0 Å². The van der Waals surface area contributed by atoms with Crippen LogP contribution in [0.4, 0.5) is 14.5 Å². The van der Waals surface area contributed by atoms with Gasteiger partial charge in [-0.1, -0.05) is 30.3 Å². The van der Waals surface area contributed by atoms with Crippen molar-refractivity contribution in [1.82, 2.24) is 4.98 Å². The number of nitrogens with two attached hydrogens (primary N) is 1. The van der Waals surface area contributed by atoms with Crippen molar-refractivity contribution in [3.63, 3.8) is 0 Å². The van der Waals surface area contributed by atoms with Gasteiger partial charge < -0.3 is 5.73 Å². The first-order valence-corrected chi connectivity index (χ1v) is 5.76. The van der Waals surface area contributed by atoms with Crippen LogP contribution >= 0.6 is 0 Å². The molecule has 0 fully saturated rings. The Morgan fingerprint density at radius 1 is 0.947 bits per heavy atom. The Balaban J connectivity index is 2.31. The Hall–Kier alpha value is -2.49. The molecule has 0 radical (unpaired) electrons. The van der Waals surface area contributed by atoms with Crippen LogP contribution in [0.15, 0.2) is 48.5 Å². The Kier molecular flexibility index (Phi) is 2.63. The van der Waals surface area contributed by atoms with E-state index in [0.717, 1.165) is 11.6 Å². The second kappa shape index (κ2) is 4.31. The molecule has 1 heterocycles. The van der Waals surface area contributed by atoms with E-state index in [-0.39, 0.29) is 16.6 Å². The molecule has 0 bridgehead atoms. The van der Waals surface area contributed by atoms with Crippen molar-refractivity contribution in [3.05, 3.63) is 60.2 Å². The Morgan fingerprint density at radius 3 is 2.42 bits per heavy atom. The molecule has 0 saturated carbocycles. The molecular formula is C15H10F2N2. The number of halogens is 2. The zero-order valence-corrected chi connectivity index (χ0v) is 9.90. The number of benzene rings is 2. The maximum atomic E-state index is 13.7. The van der Waals surface area contributed by atoms with Gasteiger partial charge in [-0.25, -0.2) is 13.8 Å². The standard InChI is InChI=1S/C15H10F2N2/c16-10-6-11(17)15-12(18)8-13(19-14(15)7-10)9-4-2-1-3-5-9/h1-8H,(H2,18,19). The molecule has 0 aliphatic heterocycles. The Morgan fingerprint density at radius 2 is 1.68 bits per heavy atom. The minimum absolute atomic E-state index is 0.154. The highest BCUT2D eigenvalue weighted by Crippen LogP contribution is 2.28. The molecule has 2 aromatic carbocycles. The molecule has 3 aromatic rings.